The number of rotatable bonds is 4. The molecule has 6 heteroatoms. The Kier molecular flexibility index (Phi) is 4.66. The Morgan fingerprint density at radius 2 is 2.05 bits per heavy atom. The summed E-state index contributed by atoms with van der Waals surface area (Å²) in [6.45, 7) is 0.829. The molecule has 0 aliphatic carbocycles. The van der Waals surface area contributed by atoms with Crippen molar-refractivity contribution in [2.24, 2.45) is 5.41 Å². The monoisotopic (exact) mass is 302 g/mol. The number of hydrogen-bond acceptors (Lipinski definition) is 3. The second-order valence-corrected chi connectivity index (χ2v) is 5.71. The molecule has 1 aromatic rings. The SMILES string of the molecule is C#CCC1(Cc2ccccc2[N+](=O)[O-])CCN(C(=O)O)CC1. The molecule has 1 saturated heterocycles. The summed E-state index contributed by atoms with van der Waals surface area (Å²) in [5.41, 5.74) is 0.485. The number of likely N-dealkylation sites (tertiary alicyclic amines) is 1. The first kappa shape index (κ1) is 15.8. The molecule has 22 heavy (non-hydrogen) atoms. The summed E-state index contributed by atoms with van der Waals surface area (Å²) in [4.78, 5) is 23.2. The standard InChI is InChI=1S/C16H18N2O4/c1-2-7-16(8-10-17(11-9-16)15(19)20)12-13-5-3-4-6-14(13)18(21)22/h1,3-6H,7-12H2,(H,19,20). The molecule has 6 nitrogen and oxygen atoms in total. The van der Waals surface area contributed by atoms with E-state index >= 15 is 0 Å². The zero-order chi connectivity index (χ0) is 16.2. The average Bonchev–Trinajstić information content (AvgIpc) is 2.48. The summed E-state index contributed by atoms with van der Waals surface area (Å²) >= 11 is 0. The molecule has 0 atom stereocenters. The topological polar surface area (TPSA) is 83.7 Å². The molecule has 1 heterocycles. The maximum Gasteiger partial charge on any atom is 0.407 e. The largest absolute Gasteiger partial charge is 0.465 e. The predicted molar refractivity (Wildman–Crippen MR) is 81.5 cm³/mol. The van der Waals surface area contributed by atoms with Crippen LogP contribution in [0.25, 0.3) is 0 Å². The van der Waals surface area contributed by atoms with Crippen LogP contribution in [0.3, 0.4) is 0 Å². The number of benzene rings is 1. The average molecular weight is 302 g/mol. The lowest BCUT2D eigenvalue weighted by atomic mass is 9.71. The summed E-state index contributed by atoms with van der Waals surface area (Å²) in [7, 11) is 0. The highest BCUT2D eigenvalue weighted by atomic mass is 16.6. The van der Waals surface area contributed by atoms with Gasteiger partial charge in [-0.05, 0) is 24.7 Å². The van der Waals surface area contributed by atoms with Gasteiger partial charge in [-0.1, -0.05) is 18.2 Å². The molecule has 1 aliphatic rings. The van der Waals surface area contributed by atoms with Crippen LogP contribution < -0.4 is 0 Å². The third kappa shape index (κ3) is 3.37. The van der Waals surface area contributed by atoms with Crippen molar-refractivity contribution in [1.29, 1.82) is 0 Å². The highest BCUT2D eigenvalue weighted by Crippen LogP contribution is 2.40. The number of carbonyl (C=O) groups is 1. The van der Waals surface area contributed by atoms with Crippen LogP contribution in [-0.2, 0) is 6.42 Å². The minimum Gasteiger partial charge on any atom is -0.465 e. The number of carboxylic acid groups (broad SMARTS) is 1. The normalized spacial score (nSPS) is 16.8. The van der Waals surface area contributed by atoms with E-state index in [2.05, 4.69) is 5.92 Å². The Balaban J connectivity index is 2.22. The Morgan fingerprint density at radius 1 is 1.41 bits per heavy atom. The number of hydrogen-bond donors (Lipinski definition) is 1. The molecule has 0 bridgehead atoms. The first-order chi connectivity index (χ1) is 10.5. The molecule has 2 rings (SSSR count). The molecular weight excluding hydrogens is 284 g/mol. The summed E-state index contributed by atoms with van der Waals surface area (Å²) in [6.07, 6.45) is 6.78. The molecule has 1 amide bonds. The van der Waals surface area contributed by atoms with Gasteiger partial charge in [0.05, 0.1) is 4.92 Å². The fourth-order valence-electron chi connectivity index (χ4n) is 3.05. The molecule has 116 valence electrons. The first-order valence-electron chi connectivity index (χ1n) is 7.11. The maximum absolute atomic E-state index is 11.1. The summed E-state index contributed by atoms with van der Waals surface area (Å²) in [6, 6.07) is 6.66. The van der Waals surface area contributed by atoms with E-state index in [-0.39, 0.29) is 16.0 Å². The second-order valence-electron chi connectivity index (χ2n) is 5.71. The van der Waals surface area contributed by atoms with Gasteiger partial charge in [-0.15, -0.1) is 12.3 Å². The molecule has 1 aliphatic heterocycles. The van der Waals surface area contributed by atoms with E-state index in [4.69, 9.17) is 11.5 Å². The number of para-hydroxylation sites is 1. The lowest BCUT2D eigenvalue weighted by molar-refractivity contribution is -0.385. The zero-order valence-corrected chi connectivity index (χ0v) is 12.2. The van der Waals surface area contributed by atoms with Crippen molar-refractivity contribution >= 4 is 11.8 Å². The van der Waals surface area contributed by atoms with Crippen molar-refractivity contribution < 1.29 is 14.8 Å². The van der Waals surface area contributed by atoms with Crippen LogP contribution in [0, 0.1) is 27.9 Å². The molecule has 0 spiro atoms. The second kappa shape index (κ2) is 6.48. The quantitative estimate of drug-likeness (QED) is 0.526. The Bertz CT molecular complexity index is 613. The van der Waals surface area contributed by atoms with Gasteiger partial charge < -0.3 is 10.0 Å². The van der Waals surface area contributed by atoms with E-state index in [0.29, 0.717) is 44.3 Å². The van der Waals surface area contributed by atoms with E-state index < -0.39 is 6.09 Å². The summed E-state index contributed by atoms with van der Waals surface area (Å²) in [5, 5.41) is 20.2. The zero-order valence-electron chi connectivity index (χ0n) is 12.2. The first-order valence-corrected chi connectivity index (χ1v) is 7.11. The van der Waals surface area contributed by atoms with Gasteiger partial charge in [0.15, 0.2) is 0 Å². The van der Waals surface area contributed by atoms with Crippen molar-refractivity contribution in [1.82, 2.24) is 4.90 Å². The number of nitro benzene ring substituents is 1. The fraction of sp³-hybridized carbons (Fsp3) is 0.438. The number of nitro groups is 1. The van der Waals surface area contributed by atoms with Gasteiger partial charge in [0.2, 0.25) is 0 Å². The summed E-state index contributed by atoms with van der Waals surface area (Å²) < 4.78 is 0. The van der Waals surface area contributed by atoms with Crippen molar-refractivity contribution in [3.05, 3.63) is 39.9 Å². The Morgan fingerprint density at radius 3 is 2.59 bits per heavy atom. The van der Waals surface area contributed by atoms with E-state index in [1.54, 1.807) is 18.2 Å². The van der Waals surface area contributed by atoms with Gasteiger partial charge in [0.1, 0.15) is 0 Å². The van der Waals surface area contributed by atoms with Crippen molar-refractivity contribution in [2.75, 3.05) is 13.1 Å². The third-order valence-electron chi connectivity index (χ3n) is 4.33. The van der Waals surface area contributed by atoms with Crippen molar-refractivity contribution in [3.63, 3.8) is 0 Å². The Labute approximate surface area is 128 Å². The highest BCUT2D eigenvalue weighted by Gasteiger charge is 2.36. The van der Waals surface area contributed by atoms with Crippen LogP contribution in [-0.4, -0.2) is 34.1 Å². The molecule has 0 radical (unpaired) electrons. The van der Waals surface area contributed by atoms with Crippen molar-refractivity contribution in [2.45, 2.75) is 25.7 Å². The van der Waals surface area contributed by atoms with E-state index in [0.717, 1.165) is 0 Å². The molecule has 1 N–H and O–H groups in total. The van der Waals surface area contributed by atoms with Gasteiger partial charge in [-0.2, -0.15) is 0 Å². The molecule has 0 unspecified atom stereocenters. The molecular formula is C16H18N2O4. The van der Waals surface area contributed by atoms with E-state index in [1.807, 2.05) is 0 Å². The van der Waals surface area contributed by atoms with Crippen LogP contribution in [0.1, 0.15) is 24.8 Å². The van der Waals surface area contributed by atoms with Gasteiger partial charge >= 0.3 is 6.09 Å². The van der Waals surface area contributed by atoms with Crippen LogP contribution in [0.4, 0.5) is 10.5 Å². The van der Waals surface area contributed by atoms with E-state index in [9.17, 15) is 14.9 Å². The van der Waals surface area contributed by atoms with Crippen LogP contribution in [0.5, 0.6) is 0 Å². The minimum absolute atomic E-state index is 0.0968. The number of nitrogens with zero attached hydrogens (tertiary/aromatic N) is 2. The molecule has 0 saturated carbocycles. The van der Waals surface area contributed by atoms with Gasteiger partial charge in [-0.3, -0.25) is 10.1 Å². The summed E-state index contributed by atoms with van der Waals surface area (Å²) in [5.74, 6) is 2.66. The number of amides is 1. The minimum atomic E-state index is -0.931. The van der Waals surface area contributed by atoms with Gasteiger partial charge in [0, 0.05) is 31.1 Å². The van der Waals surface area contributed by atoms with E-state index in [1.165, 1.54) is 11.0 Å². The predicted octanol–water partition coefficient (Wildman–Crippen LogP) is 2.92. The maximum atomic E-state index is 11.1. The Hall–Kier alpha value is -2.55. The lowest BCUT2D eigenvalue weighted by Gasteiger charge is -2.40. The van der Waals surface area contributed by atoms with Gasteiger partial charge in [-0.25, -0.2) is 4.79 Å². The van der Waals surface area contributed by atoms with Crippen LogP contribution in [0.2, 0.25) is 0 Å². The highest BCUT2D eigenvalue weighted by molar-refractivity contribution is 5.65. The van der Waals surface area contributed by atoms with Crippen molar-refractivity contribution in [3.8, 4) is 12.3 Å². The number of piperidine rings is 1. The van der Waals surface area contributed by atoms with Crippen LogP contribution >= 0.6 is 0 Å². The van der Waals surface area contributed by atoms with Crippen LogP contribution in [0.15, 0.2) is 24.3 Å². The van der Waals surface area contributed by atoms with Gasteiger partial charge in [0.25, 0.3) is 5.69 Å². The number of terminal acetylenes is 1. The molecule has 1 aromatic carbocycles. The molecule has 1 fully saturated rings. The lowest BCUT2D eigenvalue weighted by Crippen LogP contribution is -2.43. The fourth-order valence-corrected chi connectivity index (χ4v) is 3.05. The smallest absolute Gasteiger partial charge is 0.407 e. The molecule has 0 aromatic heterocycles. The third-order valence-corrected chi connectivity index (χ3v) is 4.33.